The number of amidine groups is 1. The van der Waals surface area contributed by atoms with Gasteiger partial charge in [-0.3, -0.25) is 14.7 Å². The normalized spacial score (nSPS) is 18.2. The lowest BCUT2D eigenvalue weighted by molar-refractivity contribution is -0.125. The highest BCUT2D eigenvalue weighted by Gasteiger charge is 2.45. The maximum atomic E-state index is 12.8. The Kier molecular flexibility index (Phi) is 6.51. The van der Waals surface area contributed by atoms with E-state index in [9.17, 15) is 4.79 Å². The molecule has 1 amide bonds. The molecule has 0 bridgehead atoms. The minimum Gasteiger partial charge on any atom is -0.491 e. The van der Waals surface area contributed by atoms with Crippen molar-refractivity contribution in [3.63, 3.8) is 0 Å². The zero-order valence-corrected chi connectivity index (χ0v) is 19.4. The Morgan fingerprint density at radius 2 is 1.56 bits per heavy atom. The van der Waals surface area contributed by atoms with E-state index in [1.54, 1.807) is 0 Å². The number of hydrogen-bond acceptors (Lipinski definition) is 5. The summed E-state index contributed by atoms with van der Waals surface area (Å²) < 4.78 is 11.9. The summed E-state index contributed by atoms with van der Waals surface area (Å²) in [6.45, 7) is 10.5. The van der Waals surface area contributed by atoms with Gasteiger partial charge in [-0.25, -0.2) is 0 Å². The number of likely N-dealkylation sites (tertiary alicyclic amines) is 1. The van der Waals surface area contributed by atoms with Crippen LogP contribution in [0.5, 0.6) is 11.5 Å². The van der Waals surface area contributed by atoms with E-state index in [1.807, 2.05) is 64.1 Å². The molecule has 1 fully saturated rings. The Labute approximate surface area is 190 Å². The molecule has 2 heterocycles. The number of aliphatic imine (C=N–C) groups is 1. The number of carbonyl (C=O) groups excluding carboxylic acids is 1. The molecule has 0 aromatic heterocycles. The molecule has 170 valence electrons. The molecule has 0 radical (unpaired) electrons. The summed E-state index contributed by atoms with van der Waals surface area (Å²) in [4.78, 5) is 20.0. The molecule has 1 spiro atoms. The molecule has 6 heteroatoms. The van der Waals surface area contributed by atoms with E-state index >= 15 is 0 Å². The van der Waals surface area contributed by atoms with Crippen LogP contribution in [0.3, 0.4) is 0 Å². The fourth-order valence-corrected chi connectivity index (χ4v) is 4.33. The second-order valence-electron chi connectivity index (χ2n) is 9.23. The van der Waals surface area contributed by atoms with Crippen LogP contribution in [0.4, 0.5) is 0 Å². The number of nitrogens with zero attached hydrogens (tertiary/aromatic N) is 2. The lowest BCUT2D eigenvalue weighted by atomic mass is 9.88. The maximum Gasteiger partial charge on any atom is 0.253 e. The summed E-state index contributed by atoms with van der Waals surface area (Å²) in [5, 5.41) is 3.01. The highest BCUT2D eigenvalue weighted by molar-refractivity contribution is 6.15. The third-order valence-electron chi connectivity index (χ3n) is 5.80. The zero-order valence-electron chi connectivity index (χ0n) is 19.4. The molecule has 0 unspecified atom stereocenters. The van der Waals surface area contributed by atoms with E-state index in [0.717, 1.165) is 42.3 Å². The minimum absolute atomic E-state index is 0.0240. The molecule has 32 heavy (non-hydrogen) atoms. The number of amides is 1. The lowest BCUT2D eigenvalue weighted by Crippen LogP contribution is -2.48. The smallest absolute Gasteiger partial charge is 0.253 e. The van der Waals surface area contributed by atoms with Gasteiger partial charge in [0.25, 0.3) is 5.91 Å². The number of benzene rings is 2. The van der Waals surface area contributed by atoms with E-state index in [2.05, 4.69) is 22.3 Å². The van der Waals surface area contributed by atoms with Crippen LogP contribution in [0.1, 0.15) is 51.7 Å². The van der Waals surface area contributed by atoms with Gasteiger partial charge in [-0.2, -0.15) is 0 Å². The fourth-order valence-electron chi connectivity index (χ4n) is 4.33. The van der Waals surface area contributed by atoms with Crippen LogP contribution in [0.25, 0.3) is 0 Å². The average Bonchev–Trinajstić information content (AvgIpc) is 3.05. The van der Waals surface area contributed by atoms with Crippen LogP contribution in [0.15, 0.2) is 53.5 Å². The summed E-state index contributed by atoms with van der Waals surface area (Å²) in [6, 6.07) is 16.0. The SMILES string of the molecule is CC(C)Oc1cc(CN2CCC3(CC2)N=C(c2ccccc2)NC3=O)cc(OC(C)C)c1. The number of ether oxygens (including phenoxy) is 2. The first-order valence-corrected chi connectivity index (χ1v) is 11.5. The third kappa shape index (κ3) is 5.13. The second-order valence-corrected chi connectivity index (χ2v) is 9.23. The molecule has 0 saturated carbocycles. The Morgan fingerprint density at radius 3 is 2.12 bits per heavy atom. The van der Waals surface area contributed by atoms with E-state index in [0.29, 0.717) is 18.7 Å². The van der Waals surface area contributed by atoms with Crippen LogP contribution in [-0.2, 0) is 11.3 Å². The van der Waals surface area contributed by atoms with E-state index in [1.165, 1.54) is 0 Å². The Hall–Kier alpha value is -2.86. The van der Waals surface area contributed by atoms with Gasteiger partial charge in [0.1, 0.15) is 22.9 Å². The van der Waals surface area contributed by atoms with Gasteiger partial charge in [0.2, 0.25) is 0 Å². The van der Waals surface area contributed by atoms with Crippen molar-refractivity contribution in [2.45, 2.75) is 64.8 Å². The van der Waals surface area contributed by atoms with Crippen molar-refractivity contribution in [3.8, 4) is 11.5 Å². The Morgan fingerprint density at radius 1 is 0.969 bits per heavy atom. The molecular weight excluding hydrogens is 402 g/mol. The molecule has 1 saturated heterocycles. The van der Waals surface area contributed by atoms with Crippen molar-refractivity contribution in [1.82, 2.24) is 10.2 Å². The Balaban J connectivity index is 1.45. The Bertz CT molecular complexity index is 949. The quantitative estimate of drug-likeness (QED) is 0.709. The van der Waals surface area contributed by atoms with Crippen LogP contribution >= 0.6 is 0 Å². The van der Waals surface area contributed by atoms with Gasteiger partial charge in [-0.15, -0.1) is 0 Å². The number of hydrogen-bond donors (Lipinski definition) is 1. The highest BCUT2D eigenvalue weighted by Crippen LogP contribution is 2.32. The molecule has 2 aromatic carbocycles. The van der Waals surface area contributed by atoms with Gasteiger partial charge < -0.3 is 14.8 Å². The first-order valence-electron chi connectivity index (χ1n) is 11.5. The topological polar surface area (TPSA) is 63.2 Å². The molecule has 2 aliphatic rings. The summed E-state index contributed by atoms with van der Waals surface area (Å²) >= 11 is 0. The highest BCUT2D eigenvalue weighted by atomic mass is 16.5. The van der Waals surface area contributed by atoms with E-state index < -0.39 is 5.54 Å². The standard InChI is InChI=1S/C26H33N3O3/c1-18(2)31-22-14-20(15-23(16-22)32-19(3)4)17-29-12-10-26(11-13-29)25(30)27-24(28-26)21-8-6-5-7-9-21/h5-9,14-16,18-19H,10-13,17H2,1-4H3,(H,27,28,30). The molecule has 0 aliphatic carbocycles. The van der Waals surface area contributed by atoms with Gasteiger partial charge in [0, 0.05) is 31.3 Å². The molecule has 0 atom stereocenters. The first-order chi connectivity index (χ1) is 15.3. The molecule has 2 aliphatic heterocycles. The predicted octanol–water partition coefficient (Wildman–Crippen LogP) is 4.17. The fraction of sp³-hybridized carbons (Fsp3) is 0.462. The van der Waals surface area contributed by atoms with E-state index in [-0.39, 0.29) is 18.1 Å². The van der Waals surface area contributed by atoms with Gasteiger partial charge in [-0.1, -0.05) is 30.3 Å². The molecule has 4 rings (SSSR count). The summed E-state index contributed by atoms with van der Waals surface area (Å²) in [5.41, 5.74) is 1.47. The lowest BCUT2D eigenvalue weighted by Gasteiger charge is -2.35. The summed E-state index contributed by atoms with van der Waals surface area (Å²) in [7, 11) is 0. The zero-order chi connectivity index (χ0) is 22.7. The summed E-state index contributed by atoms with van der Waals surface area (Å²) in [6.07, 6.45) is 1.63. The van der Waals surface area contributed by atoms with Crippen molar-refractivity contribution in [1.29, 1.82) is 0 Å². The number of rotatable bonds is 7. The monoisotopic (exact) mass is 435 g/mol. The molecule has 1 N–H and O–H groups in total. The first kappa shape index (κ1) is 22.3. The van der Waals surface area contributed by atoms with Crippen LogP contribution in [-0.4, -0.2) is 47.5 Å². The molecule has 6 nitrogen and oxygen atoms in total. The third-order valence-corrected chi connectivity index (χ3v) is 5.80. The predicted molar refractivity (Wildman–Crippen MR) is 126 cm³/mol. The van der Waals surface area contributed by atoms with E-state index in [4.69, 9.17) is 14.5 Å². The van der Waals surface area contributed by atoms with Gasteiger partial charge in [0.05, 0.1) is 12.2 Å². The van der Waals surface area contributed by atoms with Crippen molar-refractivity contribution in [2.75, 3.05) is 13.1 Å². The maximum absolute atomic E-state index is 12.8. The van der Waals surface area contributed by atoms with Gasteiger partial charge in [-0.05, 0) is 58.2 Å². The van der Waals surface area contributed by atoms with Crippen molar-refractivity contribution in [3.05, 3.63) is 59.7 Å². The number of piperidine rings is 1. The molecular formula is C26H33N3O3. The summed E-state index contributed by atoms with van der Waals surface area (Å²) in [5.74, 6) is 2.37. The largest absolute Gasteiger partial charge is 0.491 e. The number of carbonyl (C=O) groups is 1. The van der Waals surface area contributed by atoms with Crippen LogP contribution in [0, 0.1) is 0 Å². The van der Waals surface area contributed by atoms with Crippen LogP contribution < -0.4 is 14.8 Å². The van der Waals surface area contributed by atoms with Crippen LogP contribution in [0.2, 0.25) is 0 Å². The minimum atomic E-state index is -0.643. The molecule has 2 aromatic rings. The number of nitrogens with one attached hydrogen (secondary N) is 1. The van der Waals surface area contributed by atoms with Crippen molar-refractivity contribution < 1.29 is 14.3 Å². The van der Waals surface area contributed by atoms with Crippen molar-refractivity contribution >= 4 is 11.7 Å². The average molecular weight is 436 g/mol. The van der Waals surface area contributed by atoms with Gasteiger partial charge >= 0.3 is 0 Å². The van der Waals surface area contributed by atoms with Crippen molar-refractivity contribution in [2.24, 2.45) is 4.99 Å². The van der Waals surface area contributed by atoms with Gasteiger partial charge in [0.15, 0.2) is 0 Å². The second kappa shape index (κ2) is 9.33.